The van der Waals surface area contributed by atoms with E-state index in [9.17, 15) is 0 Å². The van der Waals surface area contributed by atoms with E-state index in [1.165, 1.54) is 19.0 Å². The van der Waals surface area contributed by atoms with Gasteiger partial charge >= 0.3 is 0 Å². The van der Waals surface area contributed by atoms with E-state index < -0.39 is 0 Å². The van der Waals surface area contributed by atoms with E-state index in [0.29, 0.717) is 0 Å². The molecule has 21 heavy (non-hydrogen) atoms. The van der Waals surface area contributed by atoms with Gasteiger partial charge in [-0.15, -0.1) is 0 Å². The molecule has 2 heterocycles. The molecule has 0 bridgehead atoms. The molecule has 0 atom stereocenters. The van der Waals surface area contributed by atoms with Crippen LogP contribution < -0.4 is 5.73 Å². The number of aryl methyl sites for hydroxylation is 1. The van der Waals surface area contributed by atoms with E-state index in [-0.39, 0.29) is 4.70 Å². The minimum Gasteiger partial charge on any atom is -0.333 e. The maximum Gasteiger partial charge on any atom is 0.115 e. The molecular formula is C15H28FN5. The Labute approximate surface area is 126 Å². The van der Waals surface area contributed by atoms with Crippen molar-refractivity contribution in [1.82, 2.24) is 20.2 Å². The second-order valence-electron chi connectivity index (χ2n) is 4.21. The molecule has 2 aromatic heterocycles. The summed E-state index contributed by atoms with van der Waals surface area (Å²) in [5, 5.41) is 6.87. The van der Waals surface area contributed by atoms with Crippen LogP contribution in [0.2, 0.25) is 0 Å². The number of H-pyrrole nitrogens is 1. The van der Waals surface area contributed by atoms with Crippen molar-refractivity contribution in [3.8, 4) is 0 Å². The van der Waals surface area contributed by atoms with Gasteiger partial charge in [0.1, 0.15) is 6.33 Å². The summed E-state index contributed by atoms with van der Waals surface area (Å²) in [6, 6.07) is 1.97. The van der Waals surface area contributed by atoms with Gasteiger partial charge in [-0.3, -0.25) is 9.80 Å². The number of aromatic nitrogens is 4. The Morgan fingerprint density at radius 3 is 2.38 bits per heavy atom. The minimum absolute atomic E-state index is 0. The average molecular weight is 297 g/mol. The number of halogens is 1. The number of aromatic amines is 1. The van der Waals surface area contributed by atoms with Gasteiger partial charge < -0.3 is 5.73 Å². The first-order valence-electron chi connectivity index (χ1n) is 7.15. The third-order valence-corrected chi connectivity index (χ3v) is 2.32. The molecule has 0 aliphatic rings. The van der Waals surface area contributed by atoms with Gasteiger partial charge in [-0.2, -0.15) is 5.10 Å². The lowest BCUT2D eigenvalue weighted by Gasteiger charge is -2.04. The van der Waals surface area contributed by atoms with E-state index in [4.69, 9.17) is 0 Å². The lowest BCUT2D eigenvalue weighted by molar-refractivity contribution is 0.856. The highest BCUT2D eigenvalue weighted by Gasteiger charge is 2.04. The van der Waals surface area contributed by atoms with Crippen molar-refractivity contribution in [2.75, 3.05) is 7.05 Å². The third kappa shape index (κ3) is 8.86. The van der Waals surface area contributed by atoms with Gasteiger partial charge in [-0.1, -0.05) is 33.6 Å². The minimum atomic E-state index is 0. The van der Waals surface area contributed by atoms with Crippen LogP contribution in [0.3, 0.4) is 0 Å². The second-order valence-corrected chi connectivity index (χ2v) is 4.21. The molecule has 6 heteroatoms. The molecule has 0 unspecified atom stereocenters. The molecule has 120 valence electrons. The normalized spacial score (nSPS) is 8.62. The van der Waals surface area contributed by atoms with E-state index in [1.807, 2.05) is 12.3 Å². The van der Waals surface area contributed by atoms with Crippen molar-refractivity contribution in [3.63, 3.8) is 0 Å². The summed E-state index contributed by atoms with van der Waals surface area (Å²) in [7, 11) is 1.50. The zero-order chi connectivity index (χ0) is 15.2. The van der Waals surface area contributed by atoms with Crippen molar-refractivity contribution in [2.45, 2.75) is 46.5 Å². The first-order chi connectivity index (χ1) is 9.81. The SMILES string of the molecule is CCC.CCCc1cncnc1Cc1ccn[nH]1.CN.F. The topological polar surface area (TPSA) is 80.5 Å². The van der Waals surface area contributed by atoms with Gasteiger partial charge in [0.25, 0.3) is 0 Å². The molecule has 0 saturated carbocycles. The molecule has 0 aromatic carbocycles. The van der Waals surface area contributed by atoms with Crippen LogP contribution in [0.1, 0.15) is 50.6 Å². The predicted octanol–water partition coefficient (Wildman–Crippen LogP) is 2.89. The zero-order valence-corrected chi connectivity index (χ0v) is 13.5. The predicted molar refractivity (Wildman–Crippen MR) is 86.0 cm³/mol. The smallest absolute Gasteiger partial charge is 0.115 e. The number of nitrogens with two attached hydrogens (primary N) is 1. The van der Waals surface area contributed by atoms with Gasteiger partial charge in [0, 0.05) is 24.5 Å². The standard InChI is InChI=1S/C11H14N4.C3H8.CH5N.FH/c1-2-3-9-7-12-8-13-11(9)6-10-4-5-14-15-10;1-3-2;1-2;/h4-5,7-8H,2-3,6H2,1H3,(H,14,15);3H2,1-2H3;2H2,1H3;1H. The highest BCUT2D eigenvalue weighted by molar-refractivity contribution is 5.21. The highest BCUT2D eigenvalue weighted by Crippen LogP contribution is 2.10. The van der Waals surface area contributed by atoms with Crippen LogP contribution in [-0.2, 0) is 12.8 Å². The Kier molecular flexibility index (Phi) is 14.9. The van der Waals surface area contributed by atoms with Gasteiger partial charge in [0.15, 0.2) is 0 Å². The Morgan fingerprint density at radius 1 is 1.19 bits per heavy atom. The van der Waals surface area contributed by atoms with Gasteiger partial charge in [-0.25, -0.2) is 9.97 Å². The fourth-order valence-electron chi connectivity index (χ4n) is 1.58. The molecule has 5 nitrogen and oxygen atoms in total. The summed E-state index contributed by atoms with van der Waals surface area (Å²) >= 11 is 0. The number of rotatable bonds is 4. The quantitative estimate of drug-likeness (QED) is 0.909. The second kappa shape index (κ2) is 14.6. The largest absolute Gasteiger partial charge is 0.333 e. The van der Waals surface area contributed by atoms with Crippen LogP contribution in [0.4, 0.5) is 4.70 Å². The van der Waals surface area contributed by atoms with Crippen molar-refractivity contribution in [2.24, 2.45) is 5.73 Å². The zero-order valence-electron chi connectivity index (χ0n) is 13.5. The van der Waals surface area contributed by atoms with Crippen molar-refractivity contribution >= 4 is 0 Å². The number of nitrogens with zero attached hydrogens (tertiary/aromatic N) is 3. The molecule has 0 amide bonds. The highest BCUT2D eigenvalue weighted by atomic mass is 19.0. The Bertz CT molecular complexity index is 431. The Balaban J connectivity index is 0. The fourth-order valence-corrected chi connectivity index (χ4v) is 1.58. The molecule has 0 saturated heterocycles. The van der Waals surface area contributed by atoms with Crippen LogP contribution in [0.25, 0.3) is 0 Å². The molecule has 0 spiro atoms. The Morgan fingerprint density at radius 2 is 1.86 bits per heavy atom. The number of nitrogens with one attached hydrogen (secondary N) is 1. The summed E-state index contributed by atoms with van der Waals surface area (Å²) in [5.41, 5.74) is 7.91. The van der Waals surface area contributed by atoms with Crippen LogP contribution in [0.15, 0.2) is 24.8 Å². The maximum atomic E-state index is 4.50. The van der Waals surface area contributed by atoms with Gasteiger partial charge in [-0.05, 0) is 25.1 Å². The molecule has 0 aliphatic heterocycles. The number of hydrogen-bond acceptors (Lipinski definition) is 4. The first-order valence-corrected chi connectivity index (χ1v) is 7.15. The molecule has 0 fully saturated rings. The monoisotopic (exact) mass is 297 g/mol. The van der Waals surface area contributed by atoms with E-state index in [0.717, 1.165) is 30.7 Å². The molecule has 3 N–H and O–H groups in total. The van der Waals surface area contributed by atoms with Crippen molar-refractivity contribution in [1.29, 1.82) is 0 Å². The third-order valence-electron chi connectivity index (χ3n) is 2.32. The van der Waals surface area contributed by atoms with E-state index in [2.05, 4.69) is 46.7 Å². The summed E-state index contributed by atoms with van der Waals surface area (Å²) in [5.74, 6) is 0. The summed E-state index contributed by atoms with van der Waals surface area (Å²) in [6.07, 6.45) is 9.47. The molecule has 0 aliphatic carbocycles. The lowest BCUT2D eigenvalue weighted by atomic mass is 10.1. The van der Waals surface area contributed by atoms with Crippen molar-refractivity contribution in [3.05, 3.63) is 41.7 Å². The molecule has 2 rings (SSSR count). The van der Waals surface area contributed by atoms with Crippen LogP contribution in [0.5, 0.6) is 0 Å². The fraction of sp³-hybridized carbons (Fsp3) is 0.533. The molecule has 2 aromatic rings. The maximum absolute atomic E-state index is 4.50. The van der Waals surface area contributed by atoms with E-state index >= 15 is 0 Å². The molecular weight excluding hydrogens is 269 g/mol. The lowest BCUT2D eigenvalue weighted by Crippen LogP contribution is -2.00. The summed E-state index contributed by atoms with van der Waals surface area (Å²) in [4.78, 5) is 8.37. The van der Waals surface area contributed by atoms with Gasteiger partial charge in [0.2, 0.25) is 0 Å². The van der Waals surface area contributed by atoms with Gasteiger partial charge in [0.05, 0.1) is 5.69 Å². The molecule has 0 radical (unpaired) electrons. The first kappa shape index (κ1) is 21.5. The van der Waals surface area contributed by atoms with Crippen LogP contribution >= 0.6 is 0 Å². The summed E-state index contributed by atoms with van der Waals surface area (Å²) in [6.45, 7) is 6.41. The summed E-state index contributed by atoms with van der Waals surface area (Å²) < 4.78 is 0. The number of hydrogen-bond donors (Lipinski definition) is 2. The Hall–Kier alpha value is -1.82. The van der Waals surface area contributed by atoms with E-state index in [1.54, 1.807) is 12.5 Å². The average Bonchev–Trinajstić information content (AvgIpc) is 2.97. The van der Waals surface area contributed by atoms with Crippen molar-refractivity contribution < 1.29 is 4.70 Å². The van der Waals surface area contributed by atoms with Crippen LogP contribution in [0, 0.1) is 0 Å². The van der Waals surface area contributed by atoms with Crippen LogP contribution in [-0.4, -0.2) is 27.2 Å².